The number of nitrogens with zero attached hydrogens (tertiary/aromatic N) is 1. The van der Waals surface area contributed by atoms with Crippen LogP contribution in [0.1, 0.15) is 25.5 Å². The Morgan fingerprint density at radius 3 is 2.71 bits per heavy atom. The van der Waals surface area contributed by atoms with Gasteiger partial charge in [-0.15, -0.1) is 11.3 Å². The fourth-order valence-electron chi connectivity index (χ4n) is 2.06. The van der Waals surface area contributed by atoms with Crippen LogP contribution in [0.2, 0.25) is 0 Å². The van der Waals surface area contributed by atoms with Crippen LogP contribution in [0.4, 0.5) is 0 Å². The van der Waals surface area contributed by atoms with Gasteiger partial charge in [0.1, 0.15) is 0 Å². The van der Waals surface area contributed by atoms with Crippen molar-refractivity contribution in [2.75, 3.05) is 0 Å². The van der Waals surface area contributed by atoms with Crippen molar-refractivity contribution >= 4 is 33.2 Å². The Bertz CT molecular complexity index is 388. The Hall–Kier alpha value is -0.420. The van der Waals surface area contributed by atoms with Gasteiger partial charge >= 0.3 is 5.97 Å². The zero-order valence-electron chi connectivity index (χ0n) is 7.82. The van der Waals surface area contributed by atoms with Crippen LogP contribution in [0.5, 0.6) is 0 Å². The largest absolute Gasteiger partial charge is 0.481 e. The number of carbonyl (C=O) groups is 1. The van der Waals surface area contributed by atoms with E-state index in [9.17, 15) is 4.79 Å². The molecule has 0 amide bonds. The fourth-order valence-corrected chi connectivity index (χ4v) is 3.12. The topological polar surface area (TPSA) is 50.2 Å². The highest BCUT2D eigenvalue weighted by Gasteiger charge is 2.63. The fraction of sp³-hybridized carbons (Fsp3) is 0.556. The minimum Gasteiger partial charge on any atom is -0.481 e. The number of carboxylic acid groups (broad SMARTS) is 1. The van der Waals surface area contributed by atoms with Gasteiger partial charge in [0.2, 0.25) is 0 Å². The van der Waals surface area contributed by atoms with E-state index in [1.54, 1.807) is 0 Å². The molecular weight excluding hydrogens is 266 g/mol. The molecular formula is C9H10BrNO2S. The third-order valence-corrected chi connectivity index (χ3v) is 4.29. The first-order valence-corrected chi connectivity index (χ1v) is 5.95. The molecule has 1 aliphatic carbocycles. The molecule has 5 heteroatoms. The summed E-state index contributed by atoms with van der Waals surface area (Å²) in [6.45, 7) is 3.95. The quantitative estimate of drug-likeness (QED) is 0.903. The predicted octanol–water partition coefficient (Wildman–Crippen LogP) is 2.73. The Labute approximate surface area is 94.3 Å². The number of carboxylic acids is 1. The lowest BCUT2D eigenvalue weighted by Gasteiger charge is -1.97. The molecule has 0 aromatic carbocycles. The van der Waals surface area contributed by atoms with Crippen molar-refractivity contribution in [1.29, 1.82) is 0 Å². The Morgan fingerprint density at radius 2 is 2.36 bits per heavy atom. The van der Waals surface area contributed by atoms with E-state index in [0.717, 1.165) is 9.61 Å². The summed E-state index contributed by atoms with van der Waals surface area (Å²) in [6.07, 6.45) is 0. The van der Waals surface area contributed by atoms with Gasteiger partial charge in [-0.1, -0.05) is 13.8 Å². The van der Waals surface area contributed by atoms with Gasteiger partial charge in [-0.05, 0) is 21.3 Å². The van der Waals surface area contributed by atoms with Crippen LogP contribution in [0.3, 0.4) is 0 Å². The van der Waals surface area contributed by atoms with Crippen LogP contribution in [0.25, 0.3) is 0 Å². The van der Waals surface area contributed by atoms with Crippen LogP contribution in [0, 0.1) is 11.3 Å². The number of aliphatic carboxylic acids is 1. The van der Waals surface area contributed by atoms with E-state index < -0.39 is 5.97 Å². The van der Waals surface area contributed by atoms with E-state index in [-0.39, 0.29) is 17.3 Å². The number of thiazole rings is 1. The molecule has 0 radical (unpaired) electrons. The highest BCUT2D eigenvalue weighted by molar-refractivity contribution is 9.11. The highest BCUT2D eigenvalue weighted by Crippen LogP contribution is 2.64. The van der Waals surface area contributed by atoms with Gasteiger partial charge in [0.05, 0.1) is 11.6 Å². The lowest BCUT2D eigenvalue weighted by molar-refractivity contribution is -0.139. The van der Waals surface area contributed by atoms with E-state index in [2.05, 4.69) is 20.9 Å². The van der Waals surface area contributed by atoms with Gasteiger partial charge in [0.15, 0.2) is 3.92 Å². The van der Waals surface area contributed by atoms with Crippen molar-refractivity contribution in [3.8, 4) is 0 Å². The molecule has 1 N–H and O–H groups in total. The lowest BCUT2D eigenvalue weighted by atomic mass is 10.1. The van der Waals surface area contributed by atoms with E-state index in [1.165, 1.54) is 11.3 Å². The summed E-state index contributed by atoms with van der Waals surface area (Å²) >= 11 is 4.78. The second-order valence-electron chi connectivity index (χ2n) is 4.14. The molecule has 1 aromatic heterocycles. The Morgan fingerprint density at radius 1 is 1.71 bits per heavy atom. The molecule has 14 heavy (non-hydrogen) atoms. The molecule has 1 aromatic rings. The molecule has 2 atom stereocenters. The molecule has 0 saturated heterocycles. The average Bonchev–Trinajstić information content (AvgIpc) is 2.42. The third kappa shape index (κ3) is 1.39. The third-order valence-electron chi connectivity index (χ3n) is 2.91. The summed E-state index contributed by atoms with van der Waals surface area (Å²) in [5.41, 5.74) is 0.749. The Balaban J connectivity index is 2.27. The summed E-state index contributed by atoms with van der Waals surface area (Å²) in [5.74, 6) is -0.928. The van der Waals surface area contributed by atoms with Gasteiger partial charge in [0, 0.05) is 11.3 Å². The zero-order chi connectivity index (χ0) is 10.5. The highest BCUT2D eigenvalue weighted by atomic mass is 79.9. The molecule has 0 spiro atoms. The molecule has 3 nitrogen and oxygen atoms in total. The molecule has 1 aliphatic rings. The van der Waals surface area contributed by atoms with Gasteiger partial charge in [0.25, 0.3) is 0 Å². The smallest absolute Gasteiger partial charge is 0.307 e. The van der Waals surface area contributed by atoms with Crippen molar-refractivity contribution in [1.82, 2.24) is 4.98 Å². The maximum atomic E-state index is 10.9. The van der Waals surface area contributed by atoms with E-state index >= 15 is 0 Å². The number of aromatic nitrogens is 1. The summed E-state index contributed by atoms with van der Waals surface area (Å²) in [7, 11) is 0. The van der Waals surface area contributed by atoms with Crippen LogP contribution in [0.15, 0.2) is 9.30 Å². The normalized spacial score (nSPS) is 28.8. The number of hydrogen-bond acceptors (Lipinski definition) is 3. The molecule has 0 bridgehead atoms. The van der Waals surface area contributed by atoms with E-state index in [1.807, 2.05) is 19.2 Å². The summed E-state index contributed by atoms with van der Waals surface area (Å²) < 4.78 is 0.819. The minimum absolute atomic E-state index is 0.0718. The summed E-state index contributed by atoms with van der Waals surface area (Å²) in [4.78, 5) is 15.2. The molecule has 76 valence electrons. The van der Waals surface area contributed by atoms with Crippen molar-refractivity contribution in [3.05, 3.63) is 15.0 Å². The number of rotatable bonds is 2. The summed E-state index contributed by atoms with van der Waals surface area (Å²) in [5, 5.41) is 10.9. The van der Waals surface area contributed by atoms with Crippen LogP contribution >= 0.6 is 27.3 Å². The van der Waals surface area contributed by atoms with Gasteiger partial charge < -0.3 is 5.11 Å². The molecule has 1 heterocycles. The van der Waals surface area contributed by atoms with Crippen LogP contribution < -0.4 is 0 Å². The van der Waals surface area contributed by atoms with E-state index in [0.29, 0.717) is 0 Å². The van der Waals surface area contributed by atoms with Crippen molar-refractivity contribution in [2.24, 2.45) is 11.3 Å². The standard InChI is InChI=1S/C9H10BrNO2S/c1-9(2)5(6(9)7(12)13)4-3-14-8(10)11-4/h3,5-6H,1-2H3,(H,12,13)/t5-,6+/m1/s1. The van der Waals surface area contributed by atoms with Gasteiger partial charge in [-0.3, -0.25) is 4.79 Å². The molecule has 0 unspecified atom stereocenters. The predicted molar refractivity (Wildman–Crippen MR) is 57.5 cm³/mol. The second kappa shape index (κ2) is 3.03. The molecule has 0 aliphatic heterocycles. The van der Waals surface area contributed by atoms with Gasteiger partial charge in [-0.2, -0.15) is 0 Å². The maximum absolute atomic E-state index is 10.9. The van der Waals surface area contributed by atoms with Crippen molar-refractivity contribution in [3.63, 3.8) is 0 Å². The zero-order valence-corrected chi connectivity index (χ0v) is 10.2. The monoisotopic (exact) mass is 275 g/mol. The summed E-state index contributed by atoms with van der Waals surface area (Å²) in [6, 6.07) is 0. The molecule has 1 fully saturated rings. The first-order valence-electron chi connectivity index (χ1n) is 4.28. The number of halogens is 1. The number of hydrogen-bond donors (Lipinski definition) is 1. The lowest BCUT2D eigenvalue weighted by Crippen LogP contribution is -2.03. The van der Waals surface area contributed by atoms with Crippen molar-refractivity contribution in [2.45, 2.75) is 19.8 Å². The van der Waals surface area contributed by atoms with E-state index in [4.69, 9.17) is 5.11 Å². The Kier molecular flexibility index (Phi) is 2.19. The molecule has 1 saturated carbocycles. The van der Waals surface area contributed by atoms with Crippen LogP contribution in [-0.4, -0.2) is 16.1 Å². The maximum Gasteiger partial charge on any atom is 0.307 e. The molecule has 2 rings (SSSR count). The second-order valence-corrected chi connectivity index (χ2v) is 6.27. The average molecular weight is 276 g/mol. The van der Waals surface area contributed by atoms with Crippen molar-refractivity contribution < 1.29 is 9.90 Å². The first-order chi connectivity index (χ1) is 6.44. The SMILES string of the molecule is CC1(C)[C@H](C(=O)O)[C@H]1c1csc(Br)n1. The van der Waals surface area contributed by atoms with Gasteiger partial charge in [-0.25, -0.2) is 4.98 Å². The minimum atomic E-state index is -0.718. The first kappa shape index (κ1) is 10.1. The van der Waals surface area contributed by atoms with Crippen LogP contribution in [-0.2, 0) is 4.79 Å².